The number of ether oxygens (including phenoxy) is 1. The van der Waals surface area contributed by atoms with Crippen molar-refractivity contribution in [3.63, 3.8) is 0 Å². The van der Waals surface area contributed by atoms with E-state index in [0.717, 1.165) is 6.42 Å². The number of rotatable bonds is 3. The van der Waals surface area contributed by atoms with Crippen molar-refractivity contribution in [2.45, 2.75) is 32.4 Å². The van der Waals surface area contributed by atoms with E-state index in [1.807, 2.05) is 6.92 Å². The van der Waals surface area contributed by atoms with Gasteiger partial charge in [0.25, 0.3) is 0 Å². The molecule has 0 saturated carbocycles. The molecular formula is C6H15NO. The predicted octanol–water partition coefficient (Wildman–Crippen LogP) is 0.759. The Hall–Kier alpha value is -0.0800. The van der Waals surface area contributed by atoms with Gasteiger partial charge in [-0.2, -0.15) is 0 Å². The van der Waals surface area contributed by atoms with E-state index in [1.54, 1.807) is 7.11 Å². The van der Waals surface area contributed by atoms with Crippen molar-refractivity contribution in [1.82, 2.24) is 0 Å². The lowest BCUT2D eigenvalue weighted by molar-refractivity contribution is 0.0944. The molecule has 0 bridgehead atoms. The van der Waals surface area contributed by atoms with E-state index >= 15 is 0 Å². The standard InChI is InChI=1S/C6H15NO/c1-4-6(7)5(2)8-3/h5-6H,4,7H2,1-3H3. The van der Waals surface area contributed by atoms with Gasteiger partial charge in [0, 0.05) is 13.2 Å². The van der Waals surface area contributed by atoms with Crippen LogP contribution in [0.3, 0.4) is 0 Å². The molecule has 0 radical (unpaired) electrons. The lowest BCUT2D eigenvalue weighted by Crippen LogP contribution is -2.32. The van der Waals surface area contributed by atoms with Crippen LogP contribution in [-0.2, 0) is 4.74 Å². The van der Waals surface area contributed by atoms with Gasteiger partial charge in [0.2, 0.25) is 0 Å². The van der Waals surface area contributed by atoms with E-state index in [0.29, 0.717) is 0 Å². The maximum atomic E-state index is 5.60. The van der Waals surface area contributed by atoms with Crippen molar-refractivity contribution in [1.29, 1.82) is 0 Å². The smallest absolute Gasteiger partial charge is 0.0693 e. The van der Waals surface area contributed by atoms with Gasteiger partial charge in [-0.3, -0.25) is 0 Å². The van der Waals surface area contributed by atoms with Gasteiger partial charge >= 0.3 is 0 Å². The molecule has 50 valence electrons. The number of nitrogens with two attached hydrogens (primary N) is 1. The Morgan fingerprint density at radius 2 is 2.12 bits per heavy atom. The molecule has 0 aromatic carbocycles. The van der Waals surface area contributed by atoms with Crippen molar-refractivity contribution < 1.29 is 4.74 Å². The molecule has 2 heteroatoms. The van der Waals surface area contributed by atoms with Gasteiger partial charge in [-0.05, 0) is 13.3 Å². The Bertz CT molecular complexity index is 48.5. The molecule has 0 rings (SSSR count). The van der Waals surface area contributed by atoms with E-state index in [4.69, 9.17) is 10.5 Å². The molecule has 0 aliphatic rings. The molecule has 0 aromatic heterocycles. The van der Waals surface area contributed by atoms with Gasteiger partial charge < -0.3 is 10.5 Å². The maximum Gasteiger partial charge on any atom is 0.0693 e. The fourth-order valence-electron chi connectivity index (χ4n) is 0.507. The second kappa shape index (κ2) is 3.87. The first-order chi connectivity index (χ1) is 3.72. The predicted molar refractivity (Wildman–Crippen MR) is 34.7 cm³/mol. The number of hydrogen-bond acceptors (Lipinski definition) is 2. The molecule has 0 fully saturated rings. The average Bonchev–Trinajstić information content (AvgIpc) is 1.84. The zero-order chi connectivity index (χ0) is 6.57. The van der Waals surface area contributed by atoms with Gasteiger partial charge in [0.1, 0.15) is 0 Å². The van der Waals surface area contributed by atoms with E-state index in [2.05, 4.69) is 6.92 Å². The average molecular weight is 117 g/mol. The summed E-state index contributed by atoms with van der Waals surface area (Å²) in [5.74, 6) is 0. The topological polar surface area (TPSA) is 35.2 Å². The SMILES string of the molecule is CCC(N)C(C)OC. The quantitative estimate of drug-likeness (QED) is 0.592. The van der Waals surface area contributed by atoms with E-state index in [9.17, 15) is 0 Å². The zero-order valence-electron chi connectivity index (χ0n) is 5.85. The monoisotopic (exact) mass is 117 g/mol. The second-order valence-electron chi connectivity index (χ2n) is 2.01. The summed E-state index contributed by atoms with van der Waals surface area (Å²) in [5.41, 5.74) is 5.60. The Morgan fingerprint density at radius 1 is 1.62 bits per heavy atom. The second-order valence-corrected chi connectivity index (χ2v) is 2.01. The molecule has 0 aromatic rings. The number of methoxy groups -OCH3 is 1. The molecule has 0 aliphatic carbocycles. The first kappa shape index (κ1) is 7.92. The van der Waals surface area contributed by atoms with Crippen LogP contribution in [0.2, 0.25) is 0 Å². The molecule has 2 unspecified atom stereocenters. The molecule has 0 spiro atoms. The van der Waals surface area contributed by atoms with E-state index < -0.39 is 0 Å². The molecule has 2 N–H and O–H groups in total. The lowest BCUT2D eigenvalue weighted by Gasteiger charge is -2.15. The first-order valence-corrected chi connectivity index (χ1v) is 3.00. The Morgan fingerprint density at radius 3 is 2.25 bits per heavy atom. The van der Waals surface area contributed by atoms with Gasteiger partial charge in [0.05, 0.1) is 6.10 Å². The lowest BCUT2D eigenvalue weighted by atomic mass is 10.1. The summed E-state index contributed by atoms with van der Waals surface area (Å²) >= 11 is 0. The zero-order valence-corrected chi connectivity index (χ0v) is 5.85. The third-order valence-corrected chi connectivity index (χ3v) is 1.45. The largest absolute Gasteiger partial charge is 0.380 e. The number of hydrogen-bond donors (Lipinski definition) is 1. The first-order valence-electron chi connectivity index (χ1n) is 3.00. The summed E-state index contributed by atoms with van der Waals surface area (Å²) in [6.07, 6.45) is 1.18. The summed E-state index contributed by atoms with van der Waals surface area (Å²) in [7, 11) is 1.68. The normalized spacial score (nSPS) is 18.0. The highest BCUT2D eigenvalue weighted by molar-refractivity contribution is 4.65. The molecule has 2 atom stereocenters. The summed E-state index contributed by atoms with van der Waals surface area (Å²) in [4.78, 5) is 0. The van der Waals surface area contributed by atoms with E-state index in [-0.39, 0.29) is 12.1 Å². The van der Waals surface area contributed by atoms with Crippen LogP contribution in [0.25, 0.3) is 0 Å². The van der Waals surface area contributed by atoms with E-state index in [1.165, 1.54) is 0 Å². The van der Waals surface area contributed by atoms with Crippen LogP contribution >= 0.6 is 0 Å². The molecule has 2 nitrogen and oxygen atoms in total. The minimum absolute atomic E-state index is 0.194. The summed E-state index contributed by atoms with van der Waals surface area (Å²) in [6, 6.07) is 0.194. The van der Waals surface area contributed by atoms with Gasteiger partial charge in [-0.25, -0.2) is 0 Å². The summed E-state index contributed by atoms with van der Waals surface area (Å²) in [6.45, 7) is 4.04. The van der Waals surface area contributed by atoms with Crippen LogP contribution in [0.1, 0.15) is 20.3 Å². The highest BCUT2D eigenvalue weighted by atomic mass is 16.5. The Balaban J connectivity index is 3.29. The maximum absolute atomic E-state index is 5.60. The van der Waals surface area contributed by atoms with Crippen molar-refractivity contribution in [2.24, 2.45) is 5.73 Å². The van der Waals surface area contributed by atoms with Crippen LogP contribution in [0.15, 0.2) is 0 Å². The molecule has 8 heavy (non-hydrogen) atoms. The van der Waals surface area contributed by atoms with Crippen molar-refractivity contribution in [3.8, 4) is 0 Å². The highest BCUT2D eigenvalue weighted by Crippen LogP contribution is 1.96. The van der Waals surface area contributed by atoms with Crippen molar-refractivity contribution >= 4 is 0 Å². The summed E-state index contributed by atoms with van der Waals surface area (Å²) < 4.78 is 4.98. The Kier molecular flexibility index (Phi) is 3.83. The fraction of sp³-hybridized carbons (Fsp3) is 1.00. The van der Waals surface area contributed by atoms with Gasteiger partial charge in [-0.1, -0.05) is 6.92 Å². The third-order valence-electron chi connectivity index (χ3n) is 1.45. The van der Waals surface area contributed by atoms with Crippen LogP contribution in [0, 0.1) is 0 Å². The van der Waals surface area contributed by atoms with Crippen LogP contribution in [0.5, 0.6) is 0 Å². The van der Waals surface area contributed by atoms with Crippen LogP contribution < -0.4 is 5.73 Å². The molecule has 0 amide bonds. The van der Waals surface area contributed by atoms with Crippen molar-refractivity contribution in [3.05, 3.63) is 0 Å². The Labute approximate surface area is 51.0 Å². The molecule has 0 heterocycles. The van der Waals surface area contributed by atoms with Gasteiger partial charge in [0.15, 0.2) is 0 Å². The minimum Gasteiger partial charge on any atom is -0.380 e. The van der Waals surface area contributed by atoms with Crippen LogP contribution in [0.4, 0.5) is 0 Å². The van der Waals surface area contributed by atoms with Crippen LogP contribution in [-0.4, -0.2) is 19.3 Å². The highest BCUT2D eigenvalue weighted by Gasteiger charge is 2.06. The molecule has 0 aliphatic heterocycles. The molecular weight excluding hydrogens is 102 g/mol. The van der Waals surface area contributed by atoms with Gasteiger partial charge in [-0.15, -0.1) is 0 Å². The summed E-state index contributed by atoms with van der Waals surface area (Å²) in [5, 5.41) is 0. The fourth-order valence-corrected chi connectivity index (χ4v) is 0.507. The third kappa shape index (κ3) is 2.28. The minimum atomic E-state index is 0.194. The molecule has 0 saturated heterocycles. The van der Waals surface area contributed by atoms with Crippen molar-refractivity contribution in [2.75, 3.05) is 7.11 Å².